The second-order valence-corrected chi connectivity index (χ2v) is 12.3. The Morgan fingerprint density at radius 2 is 1.79 bits per heavy atom. The number of aliphatic hydroxyl groups is 1. The molecule has 3 saturated carbocycles. The SMILES string of the molecule is CC(C)C(N)CCC(C)C1CCC2C3CC=C4CC(O)CCC4(C)C3CCC12C. The number of fused-ring (bicyclic) bond motifs is 5. The van der Waals surface area contributed by atoms with Gasteiger partial charge in [0.15, 0.2) is 0 Å². The number of hydrogen-bond donors (Lipinski definition) is 2. The summed E-state index contributed by atoms with van der Waals surface area (Å²) in [6.07, 6.45) is 15.1. The van der Waals surface area contributed by atoms with E-state index in [0.717, 1.165) is 42.4 Å². The van der Waals surface area contributed by atoms with E-state index >= 15 is 0 Å². The fourth-order valence-electron chi connectivity index (χ4n) is 8.61. The second kappa shape index (κ2) is 7.97. The topological polar surface area (TPSA) is 46.2 Å². The van der Waals surface area contributed by atoms with Crippen LogP contribution in [0.15, 0.2) is 11.6 Å². The predicted molar refractivity (Wildman–Crippen MR) is 122 cm³/mol. The minimum Gasteiger partial charge on any atom is -0.393 e. The fraction of sp³-hybridized carbons (Fsp3) is 0.926. The molecule has 2 heteroatoms. The van der Waals surface area contributed by atoms with Crippen LogP contribution in [0.25, 0.3) is 0 Å². The van der Waals surface area contributed by atoms with Crippen molar-refractivity contribution in [2.75, 3.05) is 0 Å². The zero-order chi connectivity index (χ0) is 21.0. The largest absolute Gasteiger partial charge is 0.393 e. The third kappa shape index (κ3) is 3.65. The van der Waals surface area contributed by atoms with Crippen LogP contribution < -0.4 is 5.73 Å². The number of aliphatic hydroxyl groups excluding tert-OH is 1. The molecule has 4 rings (SSSR count). The van der Waals surface area contributed by atoms with E-state index in [1.165, 1.54) is 51.4 Å². The highest BCUT2D eigenvalue weighted by Crippen LogP contribution is 2.67. The first-order chi connectivity index (χ1) is 13.7. The maximum Gasteiger partial charge on any atom is 0.0577 e. The van der Waals surface area contributed by atoms with Gasteiger partial charge in [-0.15, -0.1) is 0 Å². The minimum absolute atomic E-state index is 0.0892. The van der Waals surface area contributed by atoms with Gasteiger partial charge >= 0.3 is 0 Å². The summed E-state index contributed by atoms with van der Waals surface area (Å²) in [6, 6.07) is 0.363. The van der Waals surface area contributed by atoms with Gasteiger partial charge in [-0.3, -0.25) is 0 Å². The van der Waals surface area contributed by atoms with Crippen LogP contribution in [0.5, 0.6) is 0 Å². The molecule has 0 radical (unpaired) electrons. The van der Waals surface area contributed by atoms with Crippen molar-refractivity contribution in [1.29, 1.82) is 0 Å². The van der Waals surface area contributed by atoms with Crippen LogP contribution in [-0.2, 0) is 0 Å². The van der Waals surface area contributed by atoms with Crippen LogP contribution in [0.2, 0.25) is 0 Å². The lowest BCUT2D eigenvalue weighted by Gasteiger charge is -2.58. The van der Waals surface area contributed by atoms with E-state index in [4.69, 9.17) is 5.73 Å². The fourth-order valence-corrected chi connectivity index (χ4v) is 8.61. The van der Waals surface area contributed by atoms with E-state index in [2.05, 4.69) is 40.7 Å². The average molecular weight is 402 g/mol. The summed E-state index contributed by atoms with van der Waals surface area (Å²) in [4.78, 5) is 0. The van der Waals surface area contributed by atoms with E-state index in [0.29, 0.717) is 22.8 Å². The van der Waals surface area contributed by atoms with Gasteiger partial charge in [-0.1, -0.05) is 46.3 Å². The van der Waals surface area contributed by atoms with E-state index in [1.807, 2.05) is 0 Å². The Morgan fingerprint density at radius 1 is 1.03 bits per heavy atom. The summed E-state index contributed by atoms with van der Waals surface area (Å²) in [5.74, 6) is 4.95. The van der Waals surface area contributed by atoms with Crippen molar-refractivity contribution in [1.82, 2.24) is 0 Å². The van der Waals surface area contributed by atoms with Gasteiger partial charge in [-0.25, -0.2) is 0 Å². The van der Waals surface area contributed by atoms with Crippen molar-refractivity contribution in [3.05, 3.63) is 11.6 Å². The zero-order valence-electron chi connectivity index (χ0n) is 19.8. The number of allylic oxidation sites excluding steroid dienone is 1. The third-order valence-electron chi connectivity index (χ3n) is 10.6. The standard InChI is InChI=1S/C27H47NO/c1-17(2)25(28)11-6-18(3)22-9-10-23-21-8-7-19-16-20(29)12-14-26(19,4)24(21)13-15-27(22,23)5/h7,17-18,20-25,29H,6,8-16,28H2,1-5H3. The minimum atomic E-state index is -0.0892. The lowest BCUT2D eigenvalue weighted by Crippen LogP contribution is -2.50. The van der Waals surface area contributed by atoms with Crippen molar-refractivity contribution < 1.29 is 5.11 Å². The maximum atomic E-state index is 10.2. The van der Waals surface area contributed by atoms with Crippen LogP contribution in [0, 0.1) is 46.3 Å². The van der Waals surface area contributed by atoms with Crippen molar-refractivity contribution in [2.45, 2.75) is 111 Å². The van der Waals surface area contributed by atoms with E-state index in [1.54, 1.807) is 5.57 Å². The summed E-state index contributed by atoms with van der Waals surface area (Å²) < 4.78 is 0. The Balaban J connectivity index is 1.49. The molecule has 2 nitrogen and oxygen atoms in total. The van der Waals surface area contributed by atoms with Gasteiger partial charge in [0.2, 0.25) is 0 Å². The smallest absolute Gasteiger partial charge is 0.0577 e. The van der Waals surface area contributed by atoms with Gasteiger partial charge in [0.25, 0.3) is 0 Å². The Morgan fingerprint density at radius 3 is 2.52 bits per heavy atom. The molecule has 3 N–H and O–H groups in total. The summed E-state index contributed by atoms with van der Waals surface area (Å²) in [6.45, 7) is 12.3. The molecule has 0 aliphatic heterocycles. The first-order valence-electron chi connectivity index (χ1n) is 12.8. The molecule has 29 heavy (non-hydrogen) atoms. The lowest BCUT2D eigenvalue weighted by molar-refractivity contribution is -0.0573. The summed E-state index contributed by atoms with van der Waals surface area (Å²) >= 11 is 0. The van der Waals surface area contributed by atoms with Crippen LogP contribution >= 0.6 is 0 Å². The number of hydrogen-bond acceptors (Lipinski definition) is 2. The Hall–Kier alpha value is -0.340. The lowest BCUT2D eigenvalue weighted by atomic mass is 9.47. The molecule has 3 fully saturated rings. The second-order valence-electron chi connectivity index (χ2n) is 12.3. The molecule has 0 saturated heterocycles. The van der Waals surface area contributed by atoms with Crippen LogP contribution in [0.3, 0.4) is 0 Å². The van der Waals surface area contributed by atoms with Gasteiger partial charge in [0.05, 0.1) is 6.10 Å². The molecule has 0 bridgehead atoms. The van der Waals surface area contributed by atoms with Crippen molar-refractivity contribution in [3.63, 3.8) is 0 Å². The van der Waals surface area contributed by atoms with Crippen molar-refractivity contribution in [3.8, 4) is 0 Å². The van der Waals surface area contributed by atoms with Crippen molar-refractivity contribution >= 4 is 0 Å². The molecule has 166 valence electrons. The maximum absolute atomic E-state index is 10.2. The molecule has 0 aromatic heterocycles. The first kappa shape index (κ1) is 21.9. The molecule has 0 aromatic carbocycles. The molecule has 0 heterocycles. The summed E-state index contributed by atoms with van der Waals surface area (Å²) in [5.41, 5.74) is 8.89. The van der Waals surface area contributed by atoms with E-state index in [9.17, 15) is 5.11 Å². The molecular formula is C27H47NO. The number of rotatable bonds is 5. The van der Waals surface area contributed by atoms with Crippen molar-refractivity contribution in [2.24, 2.45) is 52.1 Å². The quantitative estimate of drug-likeness (QED) is 0.529. The van der Waals surface area contributed by atoms with Gasteiger partial charge in [0.1, 0.15) is 0 Å². The van der Waals surface area contributed by atoms with Gasteiger partial charge in [-0.2, -0.15) is 0 Å². The Bertz CT molecular complexity index is 626. The molecule has 4 aliphatic carbocycles. The third-order valence-corrected chi connectivity index (χ3v) is 10.6. The first-order valence-corrected chi connectivity index (χ1v) is 12.8. The molecule has 0 amide bonds. The summed E-state index contributed by atoms with van der Waals surface area (Å²) in [7, 11) is 0. The highest BCUT2D eigenvalue weighted by Gasteiger charge is 2.59. The molecule has 9 unspecified atom stereocenters. The Kier molecular flexibility index (Phi) is 6.01. The van der Waals surface area contributed by atoms with Crippen LogP contribution in [0.1, 0.15) is 98.8 Å². The Labute approximate surface area is 180 Å². The normalized spacial score (nSPS) is 46.5. The van der Waals surface area contributed by atoms with Gasteiger partial charge in [0, 0.05) is 6.04 Å². The van der Waals surface area contributed by atoms with Crippen LogP contribution in [-0.4, -0.2) is 17.3 Å². The van der Waals surface area contributed by atoms with Gasteiger partial charge < -0.3 is 10.8 Å². The number of nitrogens with two attached hydrogens (primary N) is 1. The zero-order valence-corrected chi connectivity index (χ0v) is 19.8. The van der Waals surface area contributed by atoms with E-state index in [-0.39, 0.29) is 6.10 Å². The molecule has 9 atom stereocenters. The van der Waals surface area contributed by atoms with Crippen LogP contribution in [0.4, 0.5) is 0 Å². The van der Waals surface area contributed by atoms with Gasteiger partial charge in [-0.05, 0) is 111 Å². The highest BCUT2D eigenvalue weighted by molar-refractivity contribution is 5.25. The predicted octanol–water partition coefficient (Wildman–Crippen LogP) is 6.33. The summed E-state index contributed by atoms with van der Waals surface area (Å²) in [5, 5.41) is 10.2. The molecule has 0 spiro atoms. The monoisotopic (exact) mass is 401 g/mol. The van der Waals surface area contributed by atoms with E-state index < -0.39 is 0 Å². The molecule has 0 aromatic rings. The average Bonchev–Trinajstić information content (AvgIpc) is 3.03. The molecule has 4 aliphatic rings. The highest BCUT2D eigenvalue weighted by atomic mass is 16.3. The molecular weight excluding hydrogens is 354 g/mol.